The molecule has 0 saturated carbocycles. The van der Waals surface area contributed by atoms with Gasteiger partial charge in [0.05, 0.1) is 42.7 Å². The quantitative estimate of drug-likeness (QED) is 0.856. The maximum atomic E-state index is 12.0. The molecule has 0 spiro atoms. The SMILES string of the molecule is COCCn1cc(NC(=O)N[C@H](C)c2ccc(C#N)cc2)cn1. The molecule has 2 N–H and O–H groups in total. The van der Waals surface area contributed by atoms with Crippen LogP contribution in [0.1, 0.15) is 24.1 Å². The summed E-state index contributed by atoms with van der Waals surface area (Å²) in [5, 5.41) is 18.5. The standard InChI is InChI=1S/C16H19N5O2/c1-12(14-5-3-13(9-17)4-6-14)19-16(22)20-15-10-18-21(11-15)7-8-23-2/h3-6,10-12H,7-8H2,1-2H3,(H2,19,20,22)/t12-/m1/s1. The lowest BCUT2D eigenvalue weighted by atomic mass is 10.1. The summed E-state index contributed by atoms with van der Waals surface area (Å²) in [5.74, 6) is 0. The molecule has 0 fully saturated rings. The smallest absolute Gasteiger partial charge is 0.319 e. The Labute approximate surface area is 134 Å². The predicted molar refractivity (Wildman–Crippen MR) is 85.8 cm³/mol. The van der Waals surface area contributed by atoms with Crippen LogP contribution in [-0.2, 0) is 11.3 Å². The number of nitrogens with zero attached hydrogens (tertiary/aromatic N) is 3. The zero-order valence-electron chi connectivity index (χ0n) is 13.1. The Morgan fingerprint density at radius 1 is 1.43 bits per heavy atom. The van der Waals surface area contributed by atoms with Gasteiger partial charge in [-0.15, -0.1) is 0 Å². The van der Waals surface area contributed by atoms with Gasteiger partial charge in [0.25, 0.3) is 0 Å². The van der Waals surface area contributed by atoms with Crippen LogP contribution < -0.4 is 10.6 Å². The van der Waals surface area contributed by atoms with E-state index in [4.69, 9.17) is 10.00 Å². The Morgan fingerprint density at radius 3 is 2.83 bits per heavy atom. The number of anilines is 1. The number of methoxy groups -OCH3 is 1. The first-order valence-electron chi connectivity index (χ1n) is 7.21. The van der Waals surface area contributed by atoms with Crippen molar-refractivity contribution in [2.45, 2.75) is 19.5 Å². The lowest BCUT2D eigenvalue weighted by Gasteiger charge is -2.14. The fourth-order valence-corrected chi connectivity index (χ4v) is 2.03. The number of amides is 2. The summed E-state index contributed by atoms with van der Waals surface area (Å²) in [6.07, 6.45) is 3.33. The molecule has 0 aliphatic carbocycles. The summed E-state index contributed by atoms with van der Waals surface area (Å²) in [5.41, 5.74) is 2.13. The average molecular weight is 313 g/mol. The molecule has 2 rings (SSSR count). The van der Waals surface area contributed by atoms with Crippen LogP contribution in [0.15, 0.2) is 36.7 Å². The van der Waals surface area contributed by atoms with Gasteiger partial charge in [0, 0.05) is 13.3 Å². The zero-order valence-corrected chi connectivity index (χ0v) is 13.1. The highest BCUT2D eigenvalue weighted by Gasteiger charge is 2.10. The fraction of sp³-hybridized carbons (Fsp3) is 0.312. The van der Waals surface area contributed by atoms with E-state index < -0.39 is 0 Å². The van der Waals surface area contributed by atoms with E-state index in [1.165, 1.54) is 0 Å². The van der Waals surface area contributed by atoms with Gasteiger partial charge < -0.3 is 15.4 Å². The first-order valence-corrected chi connectivity index (χ1v) is 7.21. The minimum atomic E-state index is -0.312. The molecule has 0 aliphatic rings. The highest BCUT2D eigenvalue weighted by atomic mass is 16.5. The second-order valence-electron chi connectivity index (χ2n) is 5.04. The molecule has 1 heterocycles. The molecule has 7 heteroatoms. The summed E-state index contributed by atoms with van der Waals surface area (Å²) < 4.78 is 6.67. The molecule has 0 unspecified atom stereocenters. The van der Waals surface area contributed by atoms with Gasteiger partial charge in [-0.05, 0) is 24.6 Å². The summed E-state index contributed by atoms with van der Waals surface area (Å²) in [6.45, 7) is 3.06. The summed E-state index contributed by atoms with van der Waals surface area (Å²) in [7, 11) is 1.63. The van der Waals surface area contributed by atoms with Crippen molar-refractivity contribution >= 4 is 11.7 Å². The number of nitriles is 1. The number of rotatable bonds is 6. The maximum absolute atomic E-state index is 12.0. The van der Waals surface area contributed by atoms with Crippen molar-refractivity contribution in [3.63, 3.8) is 0 Å². The van der Waals surface area contributed by atoms with Crippen molar-refractivity contribution in [2.75, 3.05) is 19.0 Å². The van der Waals surface area contributed by atoms with Crippen LogP contribution in [0.25, 0.3) is 0 Å². The van der Waals surface area contributed by atoms with E-state index in [9.17, 15) is 4.79 Å². The Kier molecular flexibility index (Phi) is 5.72. The molecular formula is C16H19N5O2. The number of benzene rings is 1. The molecule has 0 aliphatic heterocycles. The lowest BCUT2D eigenvalue weighted by Crippen LogP contribution is -2.31. The number of nitrogens with one attached hydrogen (secondary N) is 2. The molecule has 0 bridgehead atoms. The number of carbonyl (C=O) groups is 1. The Morgan fingerprint density at radius 2 is 2.17 bits per heavy atom. The van der Waals surface area contributed by atoms with E-state index in [0.29, 0.717) is 24.4 Å². The fourth-order valence-electron chi connectivity index (χ4n) is 2.03. The number of urea groups is 1. The van der Waals surface area contributed by atoms with Crippen LogP contribution in [0.3, 0.4) is 0 Å². The molecule has 0 saturated heterocycles. The van der Waals surface area contributed by atoms with E-state index in [2.05, 4.69) is 21.8 Å². The summed E-state index contributed by atoms with van der Waals surface area (Å²) in [6, 6.07) is 8.69. The Hall–Kier alpha value is -2.85. The van der Waals surface area contributed by atoms with Gasteiger partial charge in [0.1, 0.15) is 0 Å². The van der Waals surface area contributed by atoms with Gasteiger partial charge >= 0.3 is 6.03 Å². The molecular weight excluding hydrogens is 294 g/mol. The van der Waals surface area contributed by atoms with Crippen molar-refractivity contribution in [3.8, 4) is 6.07 Å². The van der Waals surface area contributed by atoms with Gasteiger partial charge in [-0.3, -0.25) is 4.68 Å². The molecule has 7 nitrogen and oxygen atoms in total. The van der Waals surface area contributed by atoms with Gasteiger partial charge in [0.2, 0.25) is 0 Å². The minimum Gasteiger partial charge on any atom is -0.383 e. The van der Waals surface area contributed by atoms with Crippen molar-refractivity contribution < 1.29 is 9.53 Å². The number of ether oxygens (including phenoxy) is 1. The number of aromatic nitrogens is 2. The number of hydrogen-bond donors (Lipinski definition) is 2. The third-order valence-electron chi connectivity index (χ3n) is 3.30. The molecule has 2 amide bonds. The minimum absolute atomic E-state index is 0.175. The van der Waals surface area contributed by atoms with Crippen molar-refractivity contribution in [3.05, 3.63) is 47.8 Å². The van der Waals surface area contributed by atoms with Crippen LogP contribution in [0.5, 0.6) is 0 Å². The maximum Gasteiger partial charge on any atom is 0.319 e. The lowest BCUT2D eigenvalue weighted by molar-refractivity contribution is 0.183. The average Bonchev–Trinajstić information content (AvgIpc) is 3.00. The second-order valence-corrected chi connectivity index (χ2v) is 5.04. The van der Waals surface area contributed by atoms with Crippen LogP contribution >= 0.6 is 0 Å². The topological polar surface area (TPSA) is 92.0 Å². The molecule has 1 aromatic heterocycles. The van der Waals surface area contributed by atoms with E-state index >= 15 is 0 Å². The van der Waals surface area contributed by atoms with Crippen LogP contribution in [-0.4, -0.2) is 29.5 Å². The highest BCUT2D eigenvalue weighted by molar-refractivity contribution is 5.89. The third-order valence-corrected chi connectivity index (χ3v) is 3.30. The van der Waals surface area contributed by atoms with E-state index in [1.54, 1.807) is 36.3 Å². The first-order chi connectivity index (χ1) is 11.1. The van der Waals surface area contributed by atoms with Crippen LogP contribution in [0.4, 0.5) is 10.5 Å². The molecule has 0 radical (unpaired) electrons. The van der Waals surface area contributed by atoms with Crippen molar-refractivity contribution in [1.29, 1.82) is 5.26 Å². The van der Waals surface area contributed by atoms with Gasteiger partial charge in [0.15, 0.2) is 0 Å². The Bertz CT molecular complexity index is 687. The normalized spacial score (nSPS) is 11.5. The number of hydrogen-bond acceptors (Lipinski definition) is 4. The van der Waals surface area contributed by atoms with Crippen LogP contribution in [0.2, 0.25) is 0 Å². The zero-order chi connectivity index (χ0) is 16.7. The number of carbonyl (C=O) groups excluding carboxylic acids is 1. The van der Waals surface area contributed by atoms with Crippen molar-refractivity contribution in [2.24, 2.45) is 0 Å². The second kappa shape index (κ2) is 7.96. The van der Waals surface area contributed by atoms with Gasteiger partial charge in [-0.2, -0.15) is 10.4 Å². The van der Waals surface area contributed by atoms with Gasteiger partial charge in [-0.1, -0.05) is 12.1 Å². The summed E-state index contributed by atoms with van der Waals surface area (Å²) >= 11 is 0. The summed E-state index contributed by atoms with van der Waals surface area (Å²) in [4.78, 5) is 12.0. The third kappa shape index (κ3) is 4.83. The molecule has 23 heavy (non-hydrogen) atoms. The van der Waals surface area contributed by atoms with Crippen molar-refractivity contribution in [1.82, 2.24) is 15.1 Å². The largest absolute Gasteiger partial charge is 0.383 e. The van der Waals surface area contributed by atoms with E-state index in [1.807, 2.05) is 19.1 Å². The first kappa shape index (κ1) is 16.5. The monoisotopic (exact) mass is 313 g/mol. The van der Waals surface area contributed by atoms with E-state index in [0.717, 1.165) is 5.56 Å². The molecule has 1 aromatic carbocycles. The molecule has 1 atom stereocenters. The van der Waals surface area contributed by atoms with Gasteiger partial charge in [-0.25, -0.2) is 4.79 Å². The predicted octanol–water partition coefficient (Wildman–Crippen LogP) is 2.28. The molecule has 2 aromatic rings. The van der Waals surface area contributed by atoms with E-state index in [-0.39, 0.29) is 12.1 Å². The Balaban J connectivity index is 1.88. The van der Waals surface area contributed by atoms with Crippen LogP contribution in [0, 0.1) is 11.3 Å². The highest BCUT2D eigenvalue weighted by Crippen LogP contribution is 2.13. The molecule has 120 valence electrons.